The molecule has 5 amide bonds. The minimum Gasteiger partial charge on any atom is -0.442 e. The van der Waals surface area contributed by atoms with Crippen molar-refractivity contribution >= 4 is 29.7 Å². The Balaban J connectivity index is 2.07. The Labute approximate surface area is 320 Å². The number of aromatic nitrogens is 3. The van der Waals surface area contributed by atoms with Crippen molar-refractivity contribution in [2.75, 3.05) is 6.54 Å². The van der Waals surface area contributed by atoms with Gasteiger partial charge >= 0.3 is 6.09 Å². The number of amides is 5. The Morgan fingerprint density at radius 2 is 1.65 bits per heavy atom. The summed E-state index contributed by atoms with van der Waals surface area (Å²) in [4.78, 5) is 70.4. The van der Waals surface area contributed by atoms with Crippen molar-refractivity contribution in [2.24, 2.45) is 23.7 Å². The maximum Gasteiger partial charge on any atom is 0.429 e. The van der Waals surface area contributed by atoms with Crippen molar-refractivity contribution in [3.63, 3.8) is 0 Å². The lowest BCUT2D eigenvalue weighted by atomic mass is 9.92. The topological polar surface area (TPSA) is 197 Å². The van der Waals surface area contributed by atoms with Crippen LogP contribution in [-0.4, -0.2) is 84.9 Å². The van der Waals surface area contributed by atoms with Gasteiger partial charge in [-0.25, -0.2) is 9.80 Å². The molecular weight excluding hydrogens is 692 g/mol. The predicted molar refractivity (Wildman–Crippen MR) is 205 cm³/mol. The maximum absolute atomic E-state index is 13.4. The van der Waals surface area contributed by atoms with Crippen LogP contribution in [0.2, 0.25) is 0 Å². The first-order chi connectivity index (χ1) is 25.2. The summed E-state index contributed by atoms with van der Waals surface area (Å²) < 4.78 is 7.29. The number of hydrazine groups is 1. The highest BCUT2D eigenvalue weighted by Gasteiger charge is 2.31. The summed E-state index contributed by atoms with van der Waals surface area (Å²) in [7, 11) is 0. The summed E-state index contributed by atoms with van der Waals surface area (Å²) in [6.07, 6.45) is 0.464. The number of nitrogens with one attached hydrogen (secondary N) is 4. The number of ether oxygens (including phenoxy) is 1. The number of aliphatic hydroxyl groups excluding tert-OH is 1. The normalized spacial score (nSPS) is 14.4. The third-order valence-electron chi connectivity index (χ3n) is 8.78. The molecule has 0 aliphatic heterocycles. The molecule has 302 valence electrons. The molecule has 0 radical (unpaired) electrons. The van der Waals surface area contributed by atoms with Crippen molar-refractivity contribution in [1.82, 2.24) is 41.1 Å². The van der Waals surface area contributed by atoms with Gasteiger partial charge in [-0.15, -0.1) is 0 Å². The predicted octanol–water partition coefficient (Wildman–Crippen LogP) is 3.95. The standard InChI is InChI=1S/C39H64N8O7/c1-12-29(23-47-28(8)21-27(7)44-47)36(51)45-46(38(53)54-39(9,10)11)18-16-33(49)42-31(19-24(2)3)32(48)20-26(6)35(50)43-34(25(4)5)37(52)41-22-30-15-13-14-17-40-30/h13-15,17,21,24-26,29,31-32,34,48H,12,16,18-20,22-23H2,1-11H3,(H,41,52)(H,42,49)(H,43,50)(H,45,51). The Kier molecular flexibility index (Phi) is 18.1. The van der Waals surface area contributed by atoms with Crippen LogP contribution in [0, 0.1) is 37.5 Å². The zero-order valence-corrected chi connectivity index (χ0v) is 34.1. The molecule has 0 fully saturated rings. The van der Waals surface area contributed by atoms with Gasteiger partial charge in [0, 0.05) is 24.2 Å². The van der Waals surface area contributed by atoms with E-state index in [-0.39, 0.29) is 43.7 Å². The first-order valence-electron chi connectivity index (χ1n) is 19.0. The number of hydrogen-bond donors (Lipinski definition) is 5. The summed E-state index contributed by atoms with van der Waals surface area (Å²) in [6.45, 7) is 20.3. The molecule has 0 saturated heterocycles. The average Bonchev–Trinajstić information content (AvgIpc) is 3.40. The van der Waals surface area contributed by atoms with Gasteiger partial charge in [-0.2, -0.15) is 5.10 Å². The molecule has 54 heavy (non-hydrogen) atoms. The molecule has 5 N–H and O–H groups in total. The molecule has 0 aromatic carbocycles. The molecule has 0 aliphatic rings. The number of aryl methyl sites for hydroxylation is 2. The Morgan fingerprint density at radius 1 is 0.963 bits per heavy atom. The van der Waals surface area contributed by atoms with Gasteiger partial charge in [0.1, 0.15) is 11.6 Å². The molecule has 15 nitrogen and oxygen atoms in total. The molecule has 2 heterocycles. The van der Waals surface area contributed by atoms with Crippen molar-refractivity contribution in [2.45, 2.75) is 139 Å². The number of hydrogen-bond acceptors (Lipinski definition) is 9. The number of carbonyl (C=O) groups excluding carboxylic acids is 5. The molecule has 0 saturated carbocycles. The fourth-order valence-corrected chi connectivity index (χ4v) is 5.77. The van der Waals surface area contributed by atoms with E-state index in [1.165, 1.54) is 0 Å². The smallest absolute Gasteiger partial charge is 0.429 e. The largest absolute Gasteiger partial charge is 0.442 e. The van der Waals surface area contributed by atoms with Gasteiger partial charge in [0.15, 0.2) is 0 Å². The second-order valence-corrected chi connectivity index (χ2v) is 15.8. The molecule has 0 aliphatic carbocycles. The van der Waals surface area contributed by atoms with Crippen LogP contribution in [0.5, 0.6) is 0 Å². The summed E-state index contributed by atoms with van der Waals surface area (Å²) in [6, 6.07) is 5.82. The molecule has 0 spiro atoms. The Morgan fingerprint density at radius 3 is 2.19 bits per heavy atom. The van der Waals surface area contributed by atoms with E-state index in [0.717, 1.165) is 16.4 Å². The van der Waals surface area contributed by atoms with Crippen LogP contribution in [0.4, 0.5) is 4.79 Å². The van der Waals surface area contributed by atoms with Crippen molar-refractivity contribution < 1.29 is 33.8 Å². The van der Waals surface area contributed by atoms with E-state index in [1.54, 1.807) is 50.7 Å². The van der Waals surface area contributed by atoms with E-state index in [9.17, 15) is 29.1 Å². The van der Waals surface area contributed by atoms with Crippen LogP contribution >= 0.6 is 0 Å². The van der Waals surface area contributed by atoms with E-state index < -0.39 is 59.4 Å². The van der Waals surface area contributed by atoms with Crippen LogP contribution in [0.3, 0.4) is 0 Å². The van der Waals surface area contributed by atoms with Gasteiger partial charge in [-0.3, -0.25) is 34.3 Å². The van der Waals surface area contributed by atoms with Gasteiger partial charge in [0.2, 0.25) is 23.6 Å². The van der Waals surface area contributed by atoms with Gasteiger partial charge < -0.3 is 25.8 Å². The third-order valence-corrected chi connectivity index (χ3v) is 8.78. The zero-order valence-electron chi connectivity index (χ0n) is 34.1. The first-order valence-corrected chi connectivity index (χ1v) is 19.0. The molecule has 2 aromatic rings. The van der Waals surface area contributed by atoms with Crippen LogP contribution < -0.4 is 21.4 Å². The molecule has 0 bridgehead atoms. The highest BCUT2D eigenvalue weighted by atomic mass is 16.6. The van der Waals surface area contributed by atoms with Crippen LogP contribution in [0.1, 0.15) is 105 Å². The number of pyridine rings is 1. The lowest BCUT2D eigenvalue weighted by Gasteiger charge is -2.30. The van der Waals surface area contributed by atoms with Gasteiger partial charge in [-0.1, -0.05) is 47.6 Å². The summed E-state index contributed by atoms with van der Waals surface area (Å²) in [5.74, 6) is -2.92. The number of rotatable bonds is 19. The molecular formula is C39H64N8O7. The van der Waals surface area contributed by atoms with E-state index >= 15 is 0 Å². The minimum atomic E-state index is -1.09. The molecule has 5 unspecified atom stereocenters. The van der Waals surface area contributed by atoms with Crippen molar-refractivity contribution in [3.05, 3.63) is 47.5 Å². The number of aliphatic hydroxyl groups is 1. The van der Waals surface area contributed by atoms with E-state index in [1.807, 2.05) is 60.6 Å². The van der Waals surface area contributed by atoms with E-state index in [4.69, 9.17) is 4.74 Å². The van der Waals surface area contributed by atoms with Gasteiger partial charge in [-0.05, 0) is 83.9 Å². The Bertz CT molecular complexity index is 1520. The zero-order chi connectivity index (χ0) is 40.7. The van der Waals surface area contributed by atoms with Crippen LogP contribution in [0.15, 0.2) is 30.5 Å². The highest BCUT2D eigenvalue weighted by Crippen LogP contribution is 2.18. The quantitative estimate of drug-likeness (QED) is 0.132. The summed E-state index contributed by atoms with van der Waals surface area (Å²) in [5, 5.41) is 25.3. The first kappa shape index (κ1) is 45.6. The van der Waals surface area contributed by atoms with Gasteiger partial charge in [0.05, 0.1) is 49.1 Å². The summed E-state index contributed by atoms with van der Waals surface area (Å²) in [5.41, 5.74) is 4.23. The monoisotopic (exact) mass is 756 g/mol. The van der Waals surface area contributed by atoms with E-state index in [2.05, 4.69) is 31.5 Å². The minimum absolute atomic E-state index is 0.0254. The molecule has 5 atom stereocenters. The average molecular weight is 757 g/mol. The lowest BCUT2D eigenvalue weighted by Crippen LogP contribution is -2.52. The van der Waals surface area contributed by atoms with Crippen molar-refractivity contribution in [3.8, 4) is 0 Å². The fourth-order valence-electron chi connectivity index (χ4n) is 5.77. The van der Waals surface area contributed by atoms with Gasteiger partial charge in [0.25, 0.3) is 0 Å². The van der Waals surface area contributed by atoms with Crippen LogP contribution in [0.25, 0.3) is 0 Å². The molecule has 2 rings (SSSR count). The second kappa shape index (κ2) is 21.4. The summed E-state index contributed by atoms with van der Waals surface area (Å²) >= 11 is 0. The number of carbonyl (C=O) groups is 5. The maximum atomic E-state index is 13.4. The van der Waals surface area contributed by atoms with E-state index in [0.29, 0.717) is 25.1 Å². The van der Waals surface area contributed by atoms with Crippen LogP contribution in [-0.2, 0) is 37.0 Å². The number of nitrogens with zero attached hydrogens (tertiary/aromatic N) is 4. The third kappa shape index (κ3) is 15.8. The molecule has 2 aromatic heterocycles. The second-order valence-electron chi connectivity index (χ2n) is 15.8. The van der Waals surface area contributed by atoms with Crippen molar-refractivity contribution in [1.29, 1.82) is 0 Å². The SMILES string of the molecule is CCC(Cn1nc(C)cc1C)C(=O)NN(CCC(=O)NC(CC(C)C)C(O)CC(C)C(=O)NC(C(=O)NCc1ccccn1)C(C)C)C(=O)OC(C)(C)C. The molecule has 15 heteroatoms. The highest BCUT2D eigenvalue weighted by molar-refractivity contribution is 5.88. The fraction of sp³-hybridized carbons (Fsp3) is 0.667. The Hall–Kier alpha value is -4.53. The lowest BCUT2D eigenvalue weighted by molar-refractivity contribution is -0.132.